The summed E-state index contributed by atoms with van der Waals surface area (Å²) in [4.78, 5) is 4.16. The first kappa shape index (κ1) is 29.0. The predicted molar refractivity (Wildman–Crippen MR) is 184 cm³/mol. The van der Waals surface area contributed by atoms with Crippen LogP contribution in [-0.2, 0) is 29.4 Å². The minimum absolute atomic E-state index is 0.0903. The van der Waals surface area contributed by atoms with Gasteiger partial charge in [0.25, 0.3) is 0 Å². The van der Waals surface area contributed by atoms with E-state index in [4.69, 9.17) is 18.6 Å². The highest BCUT2D eigenvalue weighted by atomic mass is 32.1. The molecule has 1 aromatic carbocycles. The molecule has 2 fully saturated rings. The van der Waals surface area contributed by atoms with Crippen molar-refractivity contribution in [3.8, 4) is 20.2 Å². The summed E-state index contributed by atoms with van der Waals surface area (Å²) in [5.41, 5.74) is 5.49. The van der Waals surface area contributed by atoms with Crippen LogP contribution in [0.15, 0.2) is 24.3 Å². The molecule has 0 spiro atoms. The predicted octanol–water partition coefficient (Wildman–Crippen LogP) is 8.24. The Balaban J connectivity index is 1.22. The maximum atomic E-state index is 6.46. The summed E-state index contributed by atoms with van der Waals surface area (Å²) in [5, 5.41) is 1.40. The molecule has 0 radical (unpaired) electrons. The molecule has 0 amide bonds. The second-order valence-corrected chi connectivity index (χ2v) is 19.1. The van der Waals surface area contributed by atoms with E-state index in [0.717, 1.165) is 4.78 Å². The Bertz CT molecular complexity index is 1840. The Labute approximate surface area is 268 Å². The fraction of sp³-hybridized carbons (Fsp3) is 0.529. The molecule has 0 saturated carbocycles. The molecule has 224 valence electrons. The first-order valence-corrected chi connectivity index (χ1v) is 17.8. The Morgan fingerprint density at radius 1 is 0.512 bits per heavy atom. The van der Waals surface area contributed by atoms with Gasteiger partial charge in [0.05, 0.1) is 22.4 Å². The Kier molecular flexibility index (Phi) is 5.58. The van der Waals surface area contributed by atoms with Gasteiger partial charge < -0.3 is 18.6 Å². The highest BCUT2D eigenvalue weighted by Crippen LogP contribution is 2.61. The number of rotatable bonds is 2. The maximum Gasteiger partial charge on any atom is 0.505 e. The largest absolute Gasteiger partial charge is 0.505 e. The third kappa shape index (κ3) is 3.59. The minimum atomic E-state index is -0.349. The van der Waals surface area contributed by atoms with E-state index in [1.54, 1.807) is 0 Å². The van der Waals surface area contributed by atoms with Crippen LogP contribution in [-0.4, -0.2) is 36.6 Å². The summed E-state index contributed by atoms with van der Waals surface area (Å²) in [7, 11) is -0.656. The lowest BCUT2D eigenvalue weighted by Crippen LogP contribution is -2.41. The van der Waals surface area contributed by atoms with Gasteiger partial charge in [0.15, 0.2) is 0 Å². The molecule has 0 N–H and O–H groups in total. The zero-order chi connectivity index (χ0) is 30.9. The Hall–Kier alpha value is -1.45. The summed E-state index contributed by atoms with van der Waals surface area (Å²) in [6.07, 6.45) is 0. The van der Waals surface area contributed by atoms with Gasteiger partial charge in [-0.25, -0.2) is 0 Å². The lowest BCUT2D eigenvalue weighted by molar-refractivity contribution is 0.00578. The SMILES string of the molecule is CC1(C)c2cc(B3OC(C)(C)C(C)(C)O3)sc2-c2sc3c4c(ccc3c21)-c1sc(B2OC(C)(C)C(C)(C)O2)cc1C4(C)C. The van der Waals surface area contributed by atoms with Gasteiger partial charge in [0.2, 0.25) is 0 Å². The van der Waals surface area contributed by atoms with Crippen molar-refractivity contribution >= 4 is 67.9 Å². The first-order valence-electron chi connectivity index (χ1n) is 15.4. The fourth-order valence-corrected chi connectivity index (χ4v) is 11.7. The molecular weight excluding hydrogens is 590 g/mol. The van der Waals surface area contributed by atoms with E-state index in [1.165, 1.54) is 57.3 Å². The number of hydrogen-bond donors (Lipinski definition) is 0. The van der Waals surface area contributed by atoms with Crippen LogP contribution in [0, 0.1) is 0 Å². The van der Waals surface area contributed by atoms with E-state index in [2.05, 4.69) is 107 Å². The fourth-order valence-electron chi connectivity index (χ4n) is 7.29. The standard InChI is InChI=1S/C34H40B2O4S3/c1-29(2)19-15-21(35-37-31(5,6)32(7,8)38-35)41-25(19)17-13-14-18-24-28(43-26(18)23(17)29)27-20(30(24,3)4)16-22(42-27)36-39-33(9,10)34(11,12)40-36/h13-16H,1-12H3. The van der Waals surface area contributed by atoms with Crippen LogP contribution < -0.4 is 9.55 Å². The van der Waals surface area contributed by atoms with Crippen molar-refractivity contribution in [1.29, 1.82) is 0 Å². The van der Waals surface area contributed by atoms with Crippen LogP contribution in [0.3, 0.4) is 0 Å². The second-order valence-electron chi connectivity index (χ2n) is 15.9. The van der Waals surface area contributed by atoms with Gasteiger partial charge in [-0.15, -0.1) is 34.0 Å². The summed E-state index contributed by atoms with van der Waals surface area (Å²) in [5.74, 6) is 0. The lowest BCUT2D eigenvalue weighted by atomic mass is 9.78. The number of fused-ring (bicyclic) bond motifs is 9. The summed E-state index contributed by atoms with van der Waals surface area (Å²) in [6.45, 7) is 26.6. The van der Waals surface area contributed by atoms with E-state index >= 15 is 0 Å². The van der Waals surface area contributed by atoms with Crippen LogP contribution in [0.25, 0.3) is 30.3 Å². The number of benzene rings is 1. The van der Waals surface area contributed by atoms with E-state index in [-0.39, 0.29) is 47.5 Å². The van der Waals surface area contributed by atoms with Crippen LogP contribution in [0.5, 0.6) is 0 Å². The quantitative estimate of drug-likeness (QED) is 0.209. The van der Waals surface area contributed by atoms with Gasteiger partial charge in [-0.05, 0) is 101 Å². The van der Waals surface area contributed by atoms with Gasteiger partial charge in [-0.1, -0.05) is 39.8 Å². The van der Waals surface area contributed by atoms with Gasteiger partial charge >= 0.3 is 14.2 Å². The molecule has 2 aliphatic carbocycles. The van der Waals surface area contributed by atoms with E-state index in [9.17, 15) is 0 Å². The normalized spacial score (nSPS) is 24.5. The average Bonchev–Trinajstić information content (AvgIpc) is 3.68. The summed E-state index contributed by atoms with van der Waals surface area (Å²) < 4.78 is 29.6. The van der Waals surface area contributed by atoms with Crippen molar-refractivity contribution < 1.29 is 18.6 Å². The lowest BCUT2D eigenvalue weighted by Gasteiger charge is -2.32. The molecule has 0 atom stereocenters. The number of thiophene rings is 3. The van der Waals surface area contributed by atoms with Gasteiger partial charge in [-0.2, -0.15) is 0 Å². The second kappa shape index (κ2) is 8.28. The van der Waals surface area contributed by atoms with Crippen molar-refractivity contribution in [2.75, 3.05) is 0 Å². The van der Waals surface area contributed by atoms with Gasteiger partial charge in [-0.3, -0.25) is 0 Å². The molecule has 4 aromatic rings. The Morgan fingerprint density at radius 3 is 1.47 bits per heavy atom. The van der Waals surface area contributed by atoms with Crippen molar-refractivity contribution in [2.24, 2.45) is 0 Å². The van der Waals surface area contributed by atoms with Crippen molar-refractivity contribution in [1.82, 2.24) is 0 Å². The van der Waals surface area contributed by atoms with Gasteiger partial charge in [0, 0.05) is 39.7 Å². The maximum absolute atomic E-state index is 6.46. The topological polar surface area (TPSA) is 36.9 Å². The molecule has 8 rings (SSSR count). The van der Waals surface area contributed by atoms with Gasteiger partial charge in [0.1, 0.15) is 0 Å². The highest BCUT2D eigenvalue weighted by Gasteiger charge is 2.55. The molecule has 9 heteroatoms. The molecule has 2 saturated heterocycles. The third-order valence-corrected chi connectivity index (χ3v) is 15.1. The highest BCUT2D eigenvalue weighted by molar-refractivity contribution is 7.30. The summed E-state index contributed by atoms with van der Waals surface area (Å²) >= 11 is 5.67. The number of hydrogen-bond acceptors (Lipinski definition) is 7. The molecule has 0 unspecified atom stereocenters. The third-order valence-electron chi connectivity index (χ3n) is 11.4. The smallest absolute Gasteiger partial charge is 0.399 e. The van der Waals surface area contributed by atoms with E-state index in [1.807, 2.05) is 34.0 Å². The van der Waals surface area contributed by atoms with Crippen molar-refractivity contribution in [3.63, 3.8) is 0 Å². The molecule has 2 aliphatic heterocycles. The summed E-state index contributed by atoms with van der Waals surface area (Å²) in [6, 6.07) is 9.47. The molecular formula is C34H40B2O4S3. The van der Waals surface area contributed by atoms with Crippen LogP contribution in [0.1, 0.15) is 105 Å². The molecule has 5 heterocycles. The van der Waals surface area contributed by atoms with Crippen molar-refractivity contribution in [2.45, 2.75) is 116 Å². The van der Waals surface area contributed by atoms with E-state index in [0.29, 0.717) is 0 Å². The van der Waals surface area contributed by atoms with Crippen LogP contribution in [0.2, 0.25) is 0 Å². The molecule has 43 heavy (non-hydrogen) atoms. The first-order chi connectivity index (χ1) is 19.8. The van der Waals surface area contributed by atoms with E-state index < -0.39 is 0 Å². The zero-order valence-electron chi connectivity index (χ0n) is 27.3. The monoisotopic (exact) mass is 630 g/mol. The van der Waals surface area contributed by atoms with Crippen LogP contribution in [0.4, 0.5) is 0 Å². The van der Waals surface area contributed by atoms with Crippen LogP contribution >= 0.6 is 34.0 Å². The molecule has 4 nitrogen and oxygen atoms in total. The van der Waals surface area contributed by atoms with Crippen molar-refractivity contribution in [3.05, 3.63) is 46.5 Å². The molecule has 4 aliphatic rings. The molecule has 0 bridgehead atoms. The zero-order valence-corrected chi connectivity index (χ0v) is 29.8. The Morgan fingerprint density at radius 2 is 0.953 bits per heavy atom. The average molecular weight is 631 g/mol. The molecule has 3 aromatic heterocycles. The minimum Gasteiger partial charge on any atom is -0.399 e.